The maximum absolute atomic E-state index is 13.7. The van der Waals surface area contributed by atoms with Gasteiger partial charge in [0, 0.05) is 19.1 Å². The van der Waals surface area contributed by atoms with Gasteiger partial charge in [-0.3, -0.25) is 14.5 Å². The van der Waals surface area contributed by atoms with Gasteiger partial charge in [-0.2, -0.15) is 0 Å². The highest BCUT2D eigenvalue weighted by atomic mass is 16.5. The third kappa shape index (κ3) is 4.12. The normalized spacial score (nSPS) is 23.9. The lowest BCUT2D eigenvalue weighted by Crippen LogP contribution is -2.43. The highest BCUT2D eigenvalue weighted by Gasteiger charge is 2.45. The Kier molecular flexibility index (Phi) is 6.45. The van der Waals surface area contributed by atoms with Crippen LogP contribution in [-0.2, 0) is 9.59 Å². The largest absolute Gasteiger partial charge is 0.494 e. The second-order valence-corrected chi connectivity index (χ2v) is 9.00. The molecular formula is C25H34N2O3. The molecule has 5 heteroatoms. The minimum atomic E-state index is -0.107. The van der Waals surface area contributed by atoms with Gasteiger partial charge in [-0.05, 0) is 56.2 Å². The fourth-order valence-corrected chi connectivity index (χ4v) is 5.21. The Balaban J connectivity index is 1.71. The average Bonchev–Trinajstić information content (AvgIpc) is 2.90. The molecule has 2 heterocycles. The number of likely N-dealkylation sites (tertiary alicyclic amines) is 1. The van der Waals surface area contributed by atoms with Gasteiger partial charge in [0.2, 0.25) is 0 Å². The molecule has 1 saturated heterocycles. The highest BCUT2D eigenvalue weighted by Crippen LogP contribution is 2.37. The summed E-state index contributed by atoms with van der Waals surface area (Å²) in [5, 5.41) is 0. The summed E-state index contributed by atoms with van der Waals surface area (Å²) >= 11 is 0. The maximum Gasteiger partial charge on any atom is 0.278 e. The number of benzene rings is 1. The Morgan fingerprint density at radius 2 is 1.63 bits per heavy atom. The molecule has 30 heavy (non-hydrogen) atoms. The van der Waals surface area contributed by atoms with Crippen molar-refractivity contribution in [2.45, 2.75) is 71.3 Å². The van der Waals surface area contributed by atoms with E-state index < -0.39 is 0 Å². The molecular weight excluding hydrogens is 376 g/mol. The second kappa shape index (κ2) is 9.23. The first-order valence-electron chi connectivity index (χ1n) is 11.7. The van der Waals surface area contributed by atoms with E-state index in [0.29, 0.717) is 23.8 Å². The number of carbonyl (C=O) groups excluding carboxylic acids is 2. The van der Waals surface area contributed by atoms with Crippen molar-refractivity contribution in [3.63, 3.8) is 0 Å². The molecule has 2 fully saturated rings. The van der Waals surface area contributed by atoms with E-state index in [0.717, 1.165) is 56.5 Å². The van der Waals surface area contributed by atoms with Crippen LogP contribution in [0.1, 0.15) is 70.8 Å². The number of carbonyl (C=O) groups is 2. The minimum absolute atomic E-state index is 0.0323. The second-order valence-electron chi connectivity index (χ2n) is 9.00. The van der Waals surface area contributed by atoms with Crippen LogP contribution < -0.4 is 4.74 Å². The lowest BCUT2D eigenvalue weighted by molar-refractivity contribution is -0.140. The fraction of sp³-hybridized carbons (Fsp3) is 0.600. The van der Waals surface area contributed by atoms with Crippen molar-refractivity contribution in [2.24, 2.45) is 5.92 Å². The van der Waals surface area contributed by atoms with Gasteiger partial charge in [0.25, 0.3) is 11.8 Å². The smallest absolute Gasteiger partial charge is 0.278 e. The van der Waals surface area contributed by atoms with Crippen LogP contribution in [-0.4, -0.2) is 47.4 Å². The summed E-state index contributed by atoms with van der Waals surface area (Å²) in [6, 6.07) is 7.68. The van der Waals surface area contributed by atoms with Crippen LogP contribution in [0.2, 0.25) is 0 Å². The highest BCUT2D eigenvalue weighted by molar-refractivity contribution is 6.35. The number of hydrogen-bond acceptors (Lipinski definition) is 4. The Bertz CT molecular complexity index is 806. The van der Waals surface area contributed by atoms with Gasteiger partial charge in [-0.25, -0.2) is 0 Å². The van der Waals surface area contributed by atoms with E-state index in [-0.39, 0.29) is 17.9 Å². The van der Waals surface area contributed by atoms with Gasteiger partial charge in [0.15, 0.2) is 0 Å². The van der Waals surface area contributed by atoms with E-state index >= 15 is 0 Å². The van der Waals surface area contributed by atoms with E-state index in [9.17, 15) is 9.59 Å². The first-order valence-corrected chi connectivity index (χ1v) is 11.7. The molecule has 1 aromatic rings. The number of ether oxygens (including phenoxy) is 1. The van der Waals surface area contributed by atoms with E-state index in [4.69, 9.17) is 4.74 Å². The third-order valence-electron chi connectivity index (χ3n) is 6.71. The number of piperidine rings is 1. The Morgan fingerprint density at radius 1 is 0.933 bits per heavy atom. The molecule has 0 radical (unpaired) electrons. The molecule has 1 saturated carbocycles. The number of hydrogen-bond donors (Lipinski definition) is 0. The van der Waals surface area contributed by atoms with Gasteiger partial charge in [-0.15, -0.1) is 0 Å². The number of nitrogens with zero attached hydrogens (tertiary/aromatic N) is 2. The summed E-state index contributed by atoms with van der Waals surface area (Å²) in [7, 11) is 0. The first-order chi connectivity index (χ1) is 14.6. The quantitative estimate of drug-likeness (QED) is 0.525. The van der Waals surface area contributed by atoms with Crippen LogP contribution in [0.25, 0.3) is 5.57 Å². The van der Waals surface area contributed by atoms with Gasteiger partial charge >= 0.3 is 0 Å². The van der Waals surface area contributed by atoms with E-state index in [2.05, 4.69) is 11.8 Å². The van der Waals surface area contributed by atoms with Crippen LogP contribution in [0.3, 0.4) is 0 Å². The summed E-state index contributed by atoms with van der Waals surface area (Å²) in [5.41, 5.74) is 2.03. The standard InChI is InChI=1S/C25H34N2O3/c1-3-30-21-14-12-19(13-15-21)22-23(26-16-8-9-18(2)17-26)25(29)27(24(22)28)20-10-6-4-5-7-11-20/h12-15,18,20H,3-11,16-17H2,1-2H3. The summed E-state index contributed by atoms with van der Waals surface area (Å²) in [4.78, 5) is 31.1. The molecule has 0 N–H and O–H groups in total. The predicted molar refractivity (Wildman–Crippen MR) is 118 cm³/mol. The summed E-state index contributed by atoms with van der Waals surface area (Å²) in [5.74, 6) is 1.13. The molecule has 0 bridgehead atoms. The topological polar surface area (TPSA) is 49.9 Å². The molecule has 5 nitrogen and oxygen atoms in total. The van der Waals surface area contributed by atoms with Gasteiger partial charge < -0.3 is 9.64 Å². The lowest BCUT2D eigenvalue weighted by atomic mass is 9.97. The van der Waals surface area contributed by atoms with E-state index in [1.807, 2.05) is 31.2 Å². The van der Waals surface area contributed by atoms with Crippen molar-refractivity contribution in [1.82, 2.24) is 9.80 Å². The van der Waals surface area contributed by atoms with Crippen LogP contribution in [0.15, 0.2) is 30.0 Å². The van der Waals surface area contributed by atoms with E-state index in [1.165, 1.54) is 19.3 Å². The molecule has 1 aromatic carbocycles. The van der Waals surface area contributed by atoms with Crippen LogP contribution >= 0.6 is 0 Å². The van der Waals surface area contributed by atoms with Gasteiger partial charge in [0.05, 0.1) is 12.2 Å². The Labute approximate surface area is 180 Å². The molecule has 1 unspecified atom stereocenters. The van der Waals surface area contributed by atoms with Gasteiger partial charge in [-0.1, -0.05) is 44.7 Å². The van der Waals surface area contributed by atoms with E-state index in [1.54, 1.807) is 4.90 Å². The van der Waals surface area contributed by atoms with Crippen molar-refractivity contribution >= 4 is 17.4 Å². The van der Waals surface area contributed by atoms with Crippen LogP contribution in [0.5, 0.6) is 5.75 Å². The monoisotopic (exact) mass is 410 g/mol. The molecule has 2 amide bonds. The fourth-order valence-electron chi connectivity index (χ4n) is 5.21. The molecule has 1 aliphatic carbocycles. The molecule has 2 aliphatic heterocycles. The SMILES string of the molecule is CCOc1ccc(C2=C(N3CCCC(C)C3)C(=O)N(C3CCCCCC3)C2=O)cc1. The zero-order chi connectivity index (χ0) is 21.1. The molecule has 162 valence electrons. The number of rotatable bonds is 5. The summed E-state index contributed by atoms with van der Waals surface area (Å²) in [6.45, 7) is 6.47. The molecule has 0 spiro atoms. The average molecular weight is 411 g/mol. The Hall–Kier alpha value is -2.30. The third-order valence-corrected chi connectivity index (χ3v) is 6.71. The minimum Gasteiger partial charge on any atom is -0.494 e. The lowest BCUT2D eigenvalue weighted by Gasteiger charge is -2.34. The van der Waals surface area contributed by atoms with Crippen LogP contribution in [0, 0.1) is 5.92 Å². The van der Waals surface area contributed by atoms with Crippen molar-refractivity contribution < 1.29 is 14.3 Å². The molecule has 4 rings (SSSR count). The van der Waals surface area contributed by atoms with Crippen molar-refractivity contribution in [1.29, 1.82) is 0 Å². The summed E-state index contributed by atoms with van der Waals surface area (Å²) in [6.07, 6.45) is 8.68. The first kappa shape index (κ1) is 21.0. The van der Waals surface area contributed by atoms with Crippen molar-refractivity contribution in [2.75, 3.05) is 19.7 Å². The summed E-state index contributed by atoms with van der Waals surface area (Å²) < 4.78 is 5.57. The van der Waals surface area contributed by atoms with Crippen molar-refractivity contribution in [3.05, 3.63) is 35.5 Å². The Morgan fingerprint density at radius 3 is 2.27 bits per heavy atom. The molecule has 3 aliphatic rings. The zero-order valence-corrected chi connectivity index (χ0v) is 18.4. The zero-order valence-electron chi connectivity index (χ0n) is 18.4. The van der Waals surface area contributed by atoms with Crippen LogP contribution in [0.4, 0.5) is 0 Å². The molecule has 1 atom stereocenters. The van der Waals surface area contributed by atoms with Crippen molar-refractivity contribution in [3.8, 4) is 5.75 Å². The number of imide groups is 1. The van der Waals surface area contributed by atoms with Gasteiger partial charge in [0.1, 0.15) is 11.4 Å². The maximum atomic E-state index is 13.7. The number of amides is 2. The predicted octanol–water partition coefficient (Wildman–Crippen LogP) is 4.62. The molecule has 0 aromatic heterocycles.